The summed E-state index contributed by atoms with van der Waals surface area (Å²) in [5.74, 6) is 0. The Balaban J connectivity index is 2.79. The van der Waals surface area contributed by atoms with Crippen LogP contribution in [0.5, 0.6) is 0 Å². The molecular formula is C8H9ClOPS2+. The molecule has 0 spiro atoms. The second-order valence-corrected chi connectivity index (χ2v) is 7.51. The van der Waals surface area contributed by atoms with Crippen molar-refractivity contribution >= 4 is 40.9 Å². The van der Waals surface area contributed by atoms with E-state index < -0.39 is 6.13 Å². The Bertz CT molecular complexity index is 330. The monoisotopic (exact) mass is 251 g/mol. The molecule has 70 valence electrons. The van der Waals surface area contributed by atoms with Crippen molar-refractivity contribution in [2.24, 2.45) is 0 Å². The van der Waals surface area contributed by atoms with Gasteiger partial charge in [-0.05, 0) is 30.7 Å². The average molecular weight is 252 g/mol. The minimum Gasteiger partial charge on any atom is -0.161 e. The summed E-state index contributed by atoms with van der Waals surface area (Å²) in [7, 11) is 1.63. The lowest BCUT2D eigenvalue weighted by Crippen LogP contribution is -1.75. The van der Waals surface area contributed by atoms with E-state index >= 15 is 0 Å². The molecule has 1 rings (SSSR count). The molecule has 0 aliphatic heterocycles. The summed E-state index contributed by atoms with van der Waals surface area (Å²) in [5, 5.41) is 0.787. The largest absolute Gasteiger partial charge is 0.419 e. The smallest absolute Gasteiger partial charge is 0.161 e. The molecule has 13 heavy (non-hydrogen) atoms. The predicted octanol–water partition coefficient (Wildman–Crippen LogP) is 4.16. The minimum atomic E-state index is -0.820. The molecule has 0 bridgehead atoms. The van der Waals surface area contributed by atoms with Crippen molar-refractivity contribution in [2.45, 2.75) is 11.8 Å². The molecule has 1 nitrogen and oxygen atoms in total. The Morgan fingerprint density at radius 1 is 1.54 bits per heavy atom. The second-order valence-electron chi connectivity index (χ2n) is 2.41. The van der Waals surface area contributed by atoms with Gasteiger partial charge in [-0.3, -0.25) is 0 Å². The van der Waals surface area contributed by atoms with Crippen molar-refractivity contribution in [3.05, 3.63) is 28.8 Å². The zero-order chi connectivity index (χ0) is 9.84. The average Bonchev–Trinajstić information content (AvgIpc) is 2.11. The van der Waals surface area contributed by atoms with Gasteiger partial charge in [-0.2, -0.15) is 4.52 Å². The first-order valence-electron chi connectivity index (χ1n) is 3.59. The first-order chi connectivity index (χ1) is 6.13. The third-order valence-corrected chi connectivity index (χ3v) is 5.44. The number of halogens is 1. The highest BCUT2D eigenvalue weighted by atomic mass is 35.5. The van der Waals surface area contributed by atoms with Gasteiger partial charge < -0.3 is 0 Å². The molecule has 1 aromatic carbocycles. The fourth-order valence-corrected chi connectivity index (χ4v) is 3.38. The molecule has 0 N–H and O–H groups in total. The Morgan fingerprint density at radius 3 is 2.77 bits per heavy atom. The van der Waals surface area contributed by atoms with Crippen molar-refractivity contribution in [1.82, 2.24) is 0 Å². The molecule has 0 fully saturated rings. The van der Waals surface area contributed by atoms with Crippen LogP contribution in [0.25, 0.3) is 0 Å². The van der Waals surface area contributed by atoms with Gasteiger partial charge >= 0.3 is 6.13 Å². The van der Waals surface area contributed by atoms with Gasteiger partial charge in [0, 0.05) is 5.02 Å². The van der Waals surface area contributed by atoms with Gasteiger partial charge in [0.15, 0.2) is 11.4 Å². The predicted molar refractivity (Wildman–Crippen MR) is 63.3 cm³/mol. The molecule has 0 saturated carbocycles. The highest BCUT2D eigenvalue weighted by molar-refractivity contribution is 8.62. The van der Waals surface area contributed by atoms with E-state index in [2.05, 4.69) is 0 Å². The fourth-order valence-electron chi connectivity index (χ4n) is 0.797. The van der Waals surface area contributed by atoms with Gasteiger partial charge in [0.2, 0.25) is 11.8 Å². The molecule has 0 aliphatic rings. The molecule has 0 aliphatic carbocycles. The van der Waals surface area contributed by atoms with Crippen LogP contribution < -0.4 is 0 Å². The van der Waals surface area contributed by atoms with Crippen LogP contribution in [-0.4, -0.2) is 7.11 Å². The summed E-state index contributed by atoms with van der Waals surface area (Å²) in [6, 6.07) is 5.86. The topological polar surface area (TPSA) is 9.23 Å². The quantitative estimate of drug-likeness (QED) is 0.747. The lowest BCUT2D eigenvalue weighted by atomic mass is 10.2. The SMILES string of the molecule is CO[P+](=S)Sc1ccc(Cl)c(C)c1. The van der Waals surface area contributed by atoms with E-state index in [1.54, 1.807) is 18.5 Å². The molecule has 0 radical (unpaired) electrons. The van der Waals surface area contributed by atoms with Crippen LogP contribution in [0.1, 0.15) is 5.56 Å². The molecule has 1 unspecified atom stereocenters. The number of aryl methyl sites for hydroxylation is 1. The van der Waals surface area contributed by atoms with E-state index in [-0.39, 0.29) is 0 Å². The van der Waals surface area contributed by atoms with Crippen molar-refractivity contribution in [2.75, 3.05) is 7.11 Å². The van der Waals surface area contributed by atoms with Crippen molar-refractivity contribution < 1.29 is 4.52 Å². The Labute approximate surface area is 93.1 Å². The maximum Gasteiger partial charge on any atom is 0.419 e. The number of hydrogen-bond donors (Lipinski definition) is 0. The molecule has 0 heterocycles. The van der Waals surface area contributed by atoms with E-state index in [4.69, 9.17) is 27.9 Å². The van der Waals surface area contributed by atoms with Gasteiger partial charge in [-0.25, -0.2) is 0 Å². The van der Waals surface area contributed by atoms with Crippen LogP contribution in [0.15, 0.2) is 23.1 Å². The van der Waals surface area contributed by atoms with Crippen molar-refractivity contribution in [3.63, 3.8) is 0 Å². The van der Waals surface area contributed by atoms with Crippen LogP contribution in [0, 0.1) is 6.92 Å². The van der Waals surface area contributed by atoms with Crippen LogP contribution >= 0.6 is 29.1 Å². The summed E-state index contributed by atoms with van der Waals surface area (Å²) in [6.45, 7) is 1.98. The van der Waals surface area contributed by atoms with Gasteiger partial charge in [0.05, 0.1) is 12.0 Å². The maximum absolute atomic E-state index is 5.89. The van der Waals surface area contributed by atoms with Gasteiger partial charge in [-0.1, -0.05) is 11.6 Å². The Morgan fingerprint density at radius 2 is 2.23 bits per heavy atom. The molecule has 0 aromatic heterocycles. The third-order valence-electron chi connectivity index (χ3n) is 1.46. The summed E-state index contributed by atoms with van der Waals surface area (Å²) < 4.78 is 5.03. The van der Waals surface area contributed by atoms with E-state index in [0.717, 1.165) is 15.5 Å². The molecule has 0 amide bonds. The summed E-state index contributed by atoms with van der Waals surface area (Å²) in [5.41, 5.74) is 1.07. The van der Waals surface area contributed by atoms with Gasteiger partial charge in [0.1, 0.15) is 0 Å². The van der Waals surface area contributed by atoms with Gasteiger partial charge in [0.25, 0.3) is 0 Å². The van der Waals surface area contributed by atoms with E-state index in [0.29, 0.717) is 0 Å². The lowest BCUT2D eigenvalue weighted by molar-refractivity contribution is 0.484. The van der Waals surface area contributed by atoms with Crippen LogP contribution in [0.2, 0.25) is 5.02 Å². The van der Waals surface area contributed by atoms with Crippen LogP contribution in [0.3, 0.4) is 0 Å². The van der Waals surface area contributed by atoms with E-state index in [1.807, 2.05) is 25.1 Å². The zero-order valence-electron chi connectivity index (χ0n) is 7.28. The van der Waals surface area contributed by atoms with Crippen LogP contribution in [-0.2, 0) is 16.3 Å². The summed E-state index contributed by atoms with van der Waals surface area (Å²) >= 11 is 12.5. The van der Waals surface area contributed by atoms with Gasteiger partial charge in [-0.15, -0.1) is 0 Å². The molecule has 0 saturated heterocycles. The Kier molecular flexibility index (Phi) is 4.63. The van der Waals surface area contributed by atoms with Crippen molar-refractivity contribution in [3.8, 4) is 0 Å². The number of hydrogen-bond acceptors (Lipinski definition) is 3. The molecule has 5 heteroatoms. The summed E-state index contributed by atoms with van der Waals surface area (Å²) in [4.78, 5) is 1.12. The third kappa shape index (κ3) is 3.53. The molecule has 1 aromatic rings. The fraction of sp³-hybridized carbons (Fsp3) is 0.250. The zero-order valence-corrected chi connectivity index (χ0v) is 10.6. The number of rotatable bonds is 3. The summed E-state index contributed by atoms with van der Waals surface area (Å²) in [6.07, 6.45) is -0.820. The first-order valence-corrected chi connectivity index (χ1v) is 7.66. The van der Waals surface area contributed by atoms with E-state index in [1.165, 1.54) is 0 Å². The van der Waals surface area contributed by atoms with E-state index in [9.17, 15) is 0 Å². The second kappa shape index (κ2) is 5.28. The molecule has 1 atom stereocenters. The van der Waals surface area contributed by atoms with Crippen molar-refractivity contribution in [1.29, 1.82) is 0 Å². The highest BCUT2D eigenvalue weighted by Gasteiger charge is 2.13. The minimum absolute atomic E-state index is 0.787. The maximum atomic E-state index is 5.89. The standard InChI is InChI=1S/C8H9ClOPS2/c1-6-5-7(3-4-8(6)9)13-11(12)10-2/h3-5H,1-2H3/q+1. The van der Waals surface area contributed by atoms with Crippen LogP contribution in [0.4, 0.5) is 0 Å². The first kappa shape index (κ1) is 11.4. The highest BCUT2D eigenvalue weighted by Crippen LogP contribution is 2.44. The molecular weight excluding hydrogens is 243 g/mol. The lowest BCUT2D eigenvalue weighted by Gasteiger charge is -1.97. The Hall–Kier alpha value is 0.340. The normalized spacial score (nSPS) is 11.5. The number of benzene rings is 1.